The molecule has 1 atom stereocenters. The molecule has 0 amide bonds. The fourth-order valence-electron chi connectivity index (χ4n) is 0.993. The molecule has 0 radical (unpaired) electrons. The van der Waals surface area contributed by atoms with Crippen molar-refractivity contribution < 1.29 is 0 Å². The summed E-state index contributed by atoms with van der Waals surface area (Å²) in [6, 6.07) is 0.736. The van der Waals surface area contributed by atoms with Gasteiger partial charge in [0.25, 0.3) is 0 Å². The van der Waals surface area contributed by atoms with Gasteiger partial charge in [0.2, 0.25) is 0 Å². The third-order valence-electron chi connectivity index (χ3n) is 1.69. The Morgan fingerprint density at radius 3 is 2.57 bits per heavy atom. The van der Waals surface area contributed by atoms with Crippen LogP contribution in [0.2, 0.25) is 0 Å². The molecule has 0 saturated carbocycles. The molecule has 1 fully saturated rings. The molecule has 0 unspecified atom stereocenters. The molecule has 1 heterocycles. The van der Waals surface area contributed by atoms with Crippen LogP contribution in [0.15, 0.2) is 0 Å². The average Bonchev–Trinajstić information content (AvgIpc) is 1.91. The first-order chi connectivity index (χ1) is 3.30. The molecule has 0 aromatic heterocycles. The van der Waals surface area contributed by atoms with Crippen molar-refractivity contribution in [1.29, 1.82) is 0 Å². The fraction of sp³-hybridized carbons (Fsp3) is 0.833. The Morgan fingerprint density at radius 2 is 2.43 bits per heavy atom. The van der Waals surface area contributed by atoms with Crippen LogP contribution >= 0.6 is 0 Å². The summed E-state index contributed by atoms with van der Waals surface area (Å²) in [5, 5.41) is 0. The van der Waals surface area contributed by atoms with E-state index in [1.165, 1.54) is 19.4 Å². The SMILES string of the molecule is [CH2-]N1CCC[C@@H]1C. The van der Waals surface area contributed by atoms with Gasteiger partial charge in [0.15, 0.2) is 0 Å². The van der Waals surface area contributed by atoms with E-state index in [9.17, 15) is 0 Å². The second-order valence-electron chi connectivity index (χ2n) is 2.30. The van der Waals surface area contributed by atoms with Gasteiger partial charge in [0.1, 0.15) is 0 Å². The maximum absolute atomic E-state index is 3.85. The Kier molecular flexibility index (Phi) is 1.33. The second-order valence-corrected chi connectivity index (χ2v) is 2.30. The highest BCUT2D eigenvalue weighted by molar-refractivity contribution is 4.73. The Bertz CT molecular complexity index is 53.2. The lowest BCUT2D eigenvalue weighted by atomic mass is 10.3. The van der Waals surface area contributed by atoms with E-state index in [0.717, 1.165) is 6.04 Å². The molecule has 1 saturated heterocycles. The molecule has 0 spiro atoms. The van der Waals surface area contributed by atoms with Gasteiger partial charge in [0.05, 0.1) is 0 Å². The standard InChI is InChI=1S/C6H12N/c1-6-4-3-5-7(6)2/h6H,2-5H2,1H3/q-1/t6-/m0/s1. The lowest BCUT2D eigenvalue weighted by Gasteiger charge is -2.22. The highest BCUT2D eigenvalue weighted by Crippen LogP contribution is 2.13. The maximum atomic E-state index is 3.85. The minimum Gasteiger partial charge on any atom is -0.457 e. The van der Waals surface area contributed by atoms with E-state index in [-0.39, 0.29) is 0 Å². The summed E-state index contributed by atoms with van der Waals surface area (Å²) in [6.45, 7) is 3.42. The van der Waals surface area contributed by atoms with Crippen LogP contribution in [0.25, 0.3) is 0 Å². The molecule has 0 N–H and O–H groups in total. The van der Waals surface area contributed by atoms with Crippen LogP contribution in [-0.4, -0.2) is 17.5 Å². The van der Waals surface area contributed by atoms with Crippen molar-refractivity contribution in [2.45, 2.75) is 25.8 Å². The first-order valence-corrected chi connectivity index (χ1v) is 2.88. The molecule has 1 nitrogen and oxygen atoms in total. The van der Waals surface area contributed by atoms with Gasteiger partial charge < -0.3 is 4.90 Å². The van der Waals surface area contributed by atoms with Crippen molar-refractivity contribution in [1.82, 2.24) is 4.90 Å². The monoisotopic (exact) mass is 98.1 g/mol. The van der Waals surface area contributed by atoms with Crippen molar-refractivity contribution >= 4 is 0 Å². The molecular formula is C6H12N-. The van der Waals surface area contributed by atoms with Crippen LogP contribution in [0.5, 0.6) is 0 Å². The summed E-state index contributed by atoms with van der Waals surface area (Å²) in [5.41, 5.74) is 0. The summed E-state index contributed by atoms with van der Waals surface area (Å²) in [4.78, 5) is 2.15. The predicted molar refractivity (Wildman–Crippen MR) is 30.8 cm³/mol. The van der Waals surface area contributed by atoms with E-state index in [1.54, 1.807) is 0 Å². The average molecular weight is 98.2 g/mol. The van der Waals surface area contributed by atoms with E-state index < -0.39 is 0 Å². The molecule has 0 aromatic carbocycles. The van der Waals surface area contributed by atoms with Crippen LogP contribution in [0.4, 0.5) is 0 Å². The van der Waals surface area contributed by atoms with Gasteiger partial charge in [-0.05, 0) is 25.4 Å². The Morgan fingerprint density at radius 1 is 1.71 bits per heavy atom. The molecule has 1 rings (SSSR count). The van der Waals surface area contributed by atoms with Crippen molar-refractivity contribution in [2.24, 2.45) is 0 Å². The van der Waals surface area contributed by atoms with E-state index >= 15 is 0 Å². The molecule has 7 heavy (non-hydrogen) atoms. The highest BCUT2D eigenvalue weighted by Gasteiger charge is 2.09. The van der Waals surface area contributed by atoms with Crippen LogP contribution < -0.4 is 0 Å². The number of rotatable bonds is 0. The summed E-state index contributed by atoms with van der Waals surface area (Å²) >= 11 is 0. The quantitative estimate of drug-likeness (QED) is 0.412. The third-order valence-corrected chi connectivity index (χ3v) is 1.69. The summed E-state index contributed by atoms with van der Waals surface area (Å²) in [7, 11) is 3.85. The number of hydrogen-bond acceptors (Lipinski definition) is 1. The molecule has 42 valence electrons. The van der Waals surface area contributed by atoms with Crippen LogP contribution in [0.3, 0.4) is 0 Å². The fourth-order valence-corrected chi connectivity index (χ4v) is 0.993. The zero-order chi connectivity index (χ0) is 5.28. The number of likely N-dealkylation sites (tertiary alicyclic amines) is 1. The van der Waals surface area contributed by atoms with Crippen molar-refractivity contribution in [3.05, 3.63) is 7.05 Å². The van der Waals surface area contributed by atoms with Crippen molar-refractivity contribution in [3.8, 4) is 0 Å². The minimum absolute atomic E-state index is 0.736. The van der Waals surface area contributed by atoms with Crippen LogP contribution in [0.1, 0.15) is 19.8 Å². The Balaban J connectivity index is 2.33. The molecular weight excluding hydrogens is 86.1 g/mol. The van der Waals surface area contributed by atoms with E-state index in [2.05, 4.69) is 18.9 Å². The van der Waals surface area contributed by atoms with Gasteiger partial charge in [-0.3, -0.25) is 7.05 Å². The van der Waals surface area contributed by atoms with E-state index in [1.807, 2.05) is 0 Å². The van der Waals surface area contributed by atoms with Crippen molar-refractivity contribution in [3.63, 3.8) is 0 Å². The van der Waals surface area contributed by atoms with Gasteiger partial charge in [-0.2, -0.15) is 0 Å². The predicted octanol–water partition coefficient (Wildman–Crippen LogP) is 1.26. The van der Waals surface area contributed by atoms with Crippen molar-refractivity contribution in [2.75, 3.05) is 6.54 Å². The van der Waals surface area contributed by atoms with Crippen LogP contribution in [0, 0.1) is 7.05 Å². The summed E-state index contributed by atoms with van der Waals surface area (Å²) < 4.78 is 0. The lowest BCUT2D eigenvalue weighted by molar-refractivity contribution is 0.366. The van der Waals surface area contributed by atoms with Crippen LogP contribution in [-0.2, 0) is 0 Å². The van der Waals surface area contributed by atoms with E-state index in [0.29, 0.717) is 0 Å². The third kappa shape index (κ3) is 0.942. The molecule has 1 aliphatic heterocycles. The topological polar surface area (TPSA) is 3.24 Å². The largest absolute Gasteiger partial charge is 0.457 e. The van der Waals surface area contributed by atoms with Gasteiger partial charge in [-0.15, -0.1) is 0 Å². The zero-order valence-electron chi connectivity index (χ0n) is 4.85. The minimum atomic E-state index is 0.736. The van der Waals surface area contributed by atoms with Gasteiger partial charge in [-0.25, -0.2) is 0 Å². The highest BCUT2D eigenvalue weighted by atomic mass is 15.1. The normalized spacial score (nSPS) is 34.3. The van der Waals surface area contributed by atoms with Gasteiger partial charge in [0, 0.05) is 0 Å². The lowest BCUT2D eigenvalue weighted by Crippen LogP contribution is -2.18. The Hall–Kier alpha value is -0.0400. The molecule has 0 aliphatic carbocycles. The second kappa shape index (κ2) is 1.83. The number of hydrogen-bond donors (Lipinski definition) is 0. The maximum Gasteiger partial charge on any atom is -0.0213 e. The zero-order valence-corrected chi connectivity index (χ0v) is 4.85. The Labute approximate surface area is 45.3 Å². The molecule has 0 aromatic rings. The molecule has 1 aliphatic rings. The molecule has 1 heteroatoms. The first kappa shape index (κ1) is 5.10. The van der Waals surface area contributed by atoms with E-state index in [4.69, 9.17) is 0 Å². The summed E-state index contributed by atoms with van der Waals surface area (Å²) in [5.74, 6) is 0. The summed E-state index contributed by atoms with van der Waals surface area (Å²) in [6.07, 6.45) is 2.67. The molecule has 0 bridgehead atoms. The van der Waals surface area contributed by atoms with Gasteiger partial charge in [-0.1, -0.05) is 6.92 Å². The first-order valence-electron chi connectivity index (χ1n) is 2.88. The number of nitrogens with zero attached hydrogens (tertiary/aromatic N) is 1. The van der Waals surface area contributed by atoms with Gasteiger partial charge >= 0.3 is 0 Å². The smallest absolute Gasteiger partial charge is 0.0213 e.